The van der Waals surface area contributed by atoms with E-state index in [4.69, 9.17) is 5.11 Å². The van der Waals surface area contributed by atoms with Crippen LogP contribution in [0.4, 0.5) is 0 Å². The quantitative estimate of drug-likeness (QED) is 0.777. The molecule has 0 bridgehead atoms. The molecule has 14 heavy (non-hydrogen) atoms. The van der Waals surface area contributed by atoms with E-state index < -0.39 is 11.4 Å². The van der Waals surface area contributed by atoms with E-state index in [1.165, 1.54) is 11.1 Å². The summed E-state index contributed by atoms with van der Waals surface area (Å²) in [5.41, 5.74) is 1.86. The lowest BCUT2D eigenvalue weighted by atomic mass is 9.64. The molecule has 2 rings (SSSR count). The molecule has 1 N–H and O–H groups in total. The monoisotopic (exact) mass is 190 g/mol. The zero-order chi connectivity index (χ0) is 10.3. The maximum absolute atomic E-state index is 11.1. The minimum atomic E-state index is -0.711. The fraction of sp³-hybridized carbons (Fsp3) is 0.417. The normalized spacial score (nSPS) is 19.7. The van der Waals surface area contributed by atoms with Crippen molar-refractivity contribution in [3.8, 4) is 0 Å². The number of carboxylic acids is 1. The third kappa shape index (κ3) is 1.14. The molecule has 2 heteroatoms. The molecule has 1 aliphatic rings. The fourth-order valence-corrected chi connectivity index (χ4v) is 2.05. The number of benzene rings is 1. The Kier molecular flexibility index (Phi) is 1.88. The molecule has 1 atom stereocenters. The van der Waals surface area contributed by atoms with Crippen LogP contribution in [0.5, 0.6) is 0 Å². The molecule has 1 aromatic rings. The summed E-state index contributed by atoms with van der Waals surface area (Å²) in [5.74, 6) is -0.534. The molecule has 2 nitrogen and oxygen atoms in total. The molecule has 0 aromatic heterocycles. The molecule has 1 unspecified atom stereocenters. The molecule has 0 heterocycles. The first-order chi connectivity index (χ1) is 6.53. The van der Waals surface area contributed by atoms with Crippen LogP contribution in [0.2, 0.25) is 0 Å². The van der Waals surface area contributed by atoms with Crippen LogP contribution in [0.3, 0.4) is 0 Å². The van der Waals surface area contributed by atoms with Crippen molar-refractivity contribution in [1.29, 1.82) is 0 Å². The summed E-state index contributed by atoms with van der Waals surface area (Å²) in [6.07, 6.45) is 0.898. The van der Waals surface area contributed by atoms with Gasteiger partial charge in [0.25, 0.3) is 0 Å². The number of aliphatic carboxylic acids is 1. The maximum atomic E-state index is 11.1. The Hall–Kier alpha value is -1.31. The summed E-state index contributed by atoms with van der Waals surface area (Å²) in [6.45, 7) is 3.60. The number of hydrogen-bond acceptors (Lipinski definition) is 1. The van der Waals surface area contributed by atoms with E-state index in [0.29, 0.717) is 0 Å². The minimum Gasteiger partial charge on any atom is -0.481 e. The average molecular weight is 190 g/mol. The van der Waals surface area contributed by atoms with E-state index in [1.807, 2.05) is 18.2 Å². The zero-order valence-electron chi connectivity index (χ0n) is 8.45. The van der Waals surface area contributed by atoms with E-state index in [9.17, 15) is 4.79 Å². The molecule has 0 saturated heterocycles. The second-order valence-corrected chi connectivity index (χ2v) is 4.48. The van der Waals surface area contributed by atoms with Gasteiger partial charge in [-0.2, -0.15) is 0 Å². The van der Waals surface area contributed by atoms with Crippen molar-refractivity contribution in [1.82, 2.24) is 0 Å². The Morgan fingerprint density at radius 3 is 2.64 bits per heavy atom. The van der Waals surface area contributed by atoms with E-state index >= 15 is 0 Å². The molecule has 0 fully saturated rings. The summed E-state index contributed by atoms with van der Waals surface area (Å²) in [7, 11) is 0. The summed E-state index contributed by atoms with van der Waals surface area (Å²) in [6, 6.07) is 8.09. The van der Waals surface area contributed by atoms with Gasteiger partial charge in [-0.15, -0.1) is 0 Å². The van der Waals surface area contributed by atoms with Crippen LogP contribution >= 0.6 is 0 Å². The SMILES string of the molecule is CC(C)(C(=O)O)C1Cc2ccccc21. The summed E-state index contributed by atoms with van der Waals surface area (Å²) in [5, 5.41) is 9.10. The van der Waals surface area contributed by atoms with Crippen LogP contribution in [0.25, 0.3) is 0 Å². The van der Waals surface area contributed by atoms with Gasteiger partial charge in [0.15, 0.2) is 0 Å². The molecule has 0 amide bonds. The van der Waals surface area contributed by atoms with Crippen molar-refractivity contribution >= 4 is 5.97 Å². The van der Waals surface area contributed by atoms with Gasteiger partial charge in [0.1, 0.15) is 0 Å². The van der Waals surface area contributed by atoms with Gasteiger partial charge >= 0.3 is 5.97 Å². The van der Waals surface area contributed by atoms with Crippen molar-refractivity contribution in [3.63, 3.8) is 0 Å². The molecule has 74 valence electrons. The van der Waals surface area contributed by atoms with E-state index in [1.54, 1.807) is 13.8 Å². The molecule has 0 saturated carbocycles. The standard InChI is InChI=1S/C12H14O2/c1-12(2,11(13)14)10-7-8-5-3-4-6-9(8)10/h3-6,10H,7H2,1-2H3,(H,13,14). The lowest BCUT2D eigenvalue weighted by Gasteiger charge is -2.39. The number of carbonyl (C=O) groups is 1. The number of fused-ring (bicyclic) bond motifs is 1. The van der Waals surface area contributed by atoms with Crippen molar-refractivity contribution in [3.05, 3.63) is 35.4 Å². The third-order valence-corrected chi connectivity index (χ3v) is 3.28. The highest BCUT2D eigenvalue weighted by Gasteiger charge is 2.43. The van der Waals surface area contributed by atoms with Crippen molar-refractivity contribution in [2.24, 2.45) is 5.41 Å². The van der Waals surface area contributed by atoms with E-state index in [-0.39, 0.29) is 5.92 Å². The Labute approximate surface area is 83.6 Å². The Balaban J connectivity index is 2.31. The third-order valence-electron chi connectivity index (χ3n) is 3.28. The highest BCUT2D eigenvalue weighted by molar-refractivity contribution is 5.76. The number of carboxylic acid groups (broad SMARTS) is 1. The van der Waals surface area contributed by atoms with Gasteiger partial charge in [-0.25, -0.2) is 0 Å². The highest BCUT2D eigenvalue weighted by Crippen LogP contribution is 2.46. The van der Waals surface area contributed by atoms with Crippen LogP contribution < -0.4 is 0 Å². The van der Waals surface area contributed by atoms with Crippen LogP contribution in [0.1, 0.15) is 30.9 Å². The lowest BCUT2D eigenvalue weighted by Crippen LogP contribution is -2.37. The second-order valence-electron chi connectivity index (χ2n) is 4.48. The van der Waals surface area contributed by atoms with Crippen molar-refractivity contribution in [2.75, 3.05) is 0 Å². The van der Waals surface area contributed by atoms with Crippen LogP contribution in [0, 0.1) is 5.41 Å². The van der Waals surface area contributed by atoms with Crippen molar-refractivity contribution in [2.45, 2.75) is 26.2 Å². The Morgan fingerprint density at radius 2 is 2.07 bits per heavy atom. The van der Waals surface area contributed by atoms with Crippen molar-refractivity contribution < 1.29 is 9.90 Å². The van der Waals surface area contributed by atoms with Gasteiger partial charge < -0.3 is 5.11 Å². The van der Waals surface area contributed by atoms with Gasteiger partial charge in [0, 0.05) is 5.92 Å². The number of hydrogen-bond donors (Lipinski definition) is 1. The Bertz CT molecular complexity index is 380. The molecule has 0 radical (unpaired) electrons. The van der Waals surface area contributed by atoms with Crippen LogP contribution in [0.15, 0.2) is 24.3 Å². The van der Waals surface area contributed by atoms with Crippen LogP contribution in [-0.4, -0.2) is 11.1 Å². The molecular weight excluding hydrogens is 176 g/mol. The Morgan fingerprint density at radius 1 is 1.43 bits per heavy atom. The molecular formula is C12H14O2. The summed E-state index contributed by atoms with van der Waals surface area (Å²) < 4.78 is 0. The van der Waals surface area contributed by atoms with Gasteiger partial charge in [-0.05, 0) is 31.4 Å². The molecule has 1 aliphatic carbocycles. The van der Waals surface area contributed by atoms with Gasteiger partial charge in [0.2, 0.25) is 0 Å². The summed E-state index contributed by atoms with van der Waals surface area (Å²) >= 11 is 0. The van der Waals surface area contributed by atoms with E-state index in [2.05, 4.69) is 6.07 Å². The first-order valence-electron chi connectivity index (χ1n) is 4.84. The molecule has 1 aromatic carbocycles. The minimum absolute atomic E-state index is 0.177. The zero-order valence-corrected chi connectivity index (χ0v) is 8.45. The molecule has 0 spiro atoms. The van der Waals surface area contributed by atoms with Crippen LogP contribution in [-0.2, 0) is 11.2 Å². The highest BCUT2D eigenvalue weighted by atomic mass is 16.4. The predicted molar refractivity (Wildman–Crippen MR) is 54.3 cm³/mol. The smallest absolute Gasteiger partial charge is 0.309 e. The first-order valence-corrected chi connectivity index (χ1v) is 4.84. The van der Waals surface area contributed by atoms with Gasteiger partial charge in [0.05, 0.1) is 5.41 Å². The largest absolute Gasteiger partial charge is 0.481 e. The second kappa shape index (κ2) is 2.84. The molecule has 0 aliphatic heterocycles. The average Bonchev–Trinajstić information content (AvgIpc) is 2.06. The van der Waals surface area contributed by atoms with Gasteiger partial charge in [-0.3, -0.25) is 4.79 Å². The van der Waals surface area contributed by atoms with Gasteiger partial charge in [-0.1, -0.05) is 24.3 Å². The lowest BCUT2D eigenvalue weighted by molar-refractivity contribution is -0.148. The van der Waals surface area contributed by atoms with E-state index in [0.717, 1.165) is 6.42 Å². The maximum Gasteiger partial charge on any atom is 0.309 e. The number of rotatable bonds is 2. The topological polar surface area (TPSA) is 37.3 Å². The summed E-state index contributed by atoms with van der Waals surface area (Å²) in [4.78, 5) is 11.1. The fourth-order valence-electron chi connectivity index (χ4n) is 2.05. The predicted octanol–water partition coefficient (Wildman–Crippen LogP) is 2.44. The first kappa shape index (κ1) is 9.25.